The Bertz CT molecular complexity index is 2330. The van der Waals surface area contributed by atoms with Crippen LogP contribution in [-0.4, -0.2) is 9.97 Å². The van der Waals surface area contributed by atoms with Crippen molar-refractivity contribution in [3.05, 3.63) is 146 Å². The number of hydrogen-bond acceptors (Lipinski definition) is 2. The second-order valence-electron chi connectivity index (χ2n) is 11.1. The average molecular weight is 533 g/mol. The van der Waals surface area contributed by atoms with E-state index in [0.717, 1.165) is 22.5 Å². The molecule has 0 radical (unpaired) electrons. The van der Waals surface area contributed by atoms with Crippen molar-refractivity contribution in [3.8, 4) is 22.5 Å². The number of hydrogen-bond donors (Lipinski definition) is 0. The van der Waals surface area contributed by atoms with Gasteiger partial charge in [0.1, 0.15) is 0 Å². The van der Waals surface area contributed by atoms with E-state index in [1.807, 2.05) is 12.4 Å². The van der Waals surface area contributed by atoms with Gasteiger partial charge in [-0.05, 0) is 101 Å². The Kier molecular flexibility index (Phi) is 4.93. The van der Waals surface area contributed by atoms with Crippen LogP contribution >= 0.6 is 0 Å². The van der Waals surface area contributed by atoms with Crippen LogP contribution in [0.1, 0.15) is 0 Å². The molecule has 0 amide bonds. The molecule has 0 N–H and O–H groups in total. The summed E-state index contributed by atoms with van der Waals surface area (Å²) in [7, 11) is 0. The van der Waals surface area contributed by atoms with Gasteiger partial charge in [-0.2, -0.15) is 0 Å². The number of aromatic nitrogens is 2. The average Bonchev–Trinajstić information content (AvgIpc) is 3.06. The second kappa shape index (κ2) is 8.95. The molecule has 0 saturated heterocycles. The van der Waals surface area contributed by atoms with E-state index in [2.05, 4.69) is 133 Å². The van der Waals surface area contributed by atoms with Crippen molar-refractivity contribution in [2.24, 2.45) is 0 Å². The summed E-state index contributed by atoms with van der Waals surface area (Å²) >= 11 is 0. The van der Waals surface area contributed by atoms with Crippen molar-refractivity contribution in [1.82, 2.24) is 9.97 Å². The van der Waals surface area contributed by atoms with Crippen molar-refractivity contribution in [1.29, 1.82) is 0 Å². The van der Waals surface area contributed by atoms with Crippen molar-refractivity contribution in [2.75, 3.05) is 0 Å². The van der Waals surface area contributed by atoms with Crippen LogP contribution in [-0.2, 0) is 0 Å². The molecule has 0 aliphatic heterocycles. The van der Waals surface area contributed by atoms with Gasteiger partial charge in [0.15, 0.2) is 0 Å². The number of nitrogens with zero attached hydrogens (tertiary/aromatic N) is 2. The minimum atomic E-state index is 0.875. The summed E-state index contributed by atoms with van der Waals surface area (Å²) in [6.07, 6.45) is 3.88. The first-order valence-electron chi connectivity index (χ1n) is 14.3. The Morgan fingerprint density at radius 1 is 0.286 bits per heavy atom. The molecule has 0 aliphatic rings. The molecule has 9 rings (SSSR count). The molecular weight excluding hydrogens is 508 g/mol. The van der Waals surface area contributed by atoms with Crippen LogP contribution in [0.15, 0.2) is 146 Å². The molecule has 1 aromatic heterocycles. The van der Waals surface area contributed by atoms with Gasteiger partial charge in [0, 0.05) is 11.1 Å². The molecule has 194 valence electrons. The van der Waals surface area contributed by atoms with Crippen LogP contribution < -0.4 is 0 Å². The van der Waals surface area contributed by atoms with Gasteiger partial charge in [-0.15, -0.1) is 0 Å². The predicted octanol–water partition coefficient (Wildman–Crippen LogP) is 10.7. The second-order valence-corrected chi connectivity index (χ2v) is 11.1. The molecule has 2 nitrogen and oxygen atoms in total. The summed E-state index contributed by atoms with van der Waals surface area (Å²) in [6, 6.07) is 48.0. The van der Waals surface area contributed by atoms with E-state index < -0.39 is 0 Å². The fraction of sp³-hybridized carbons (Fsp3) is 0. The molecule has 0 bridgehead atoms. The lowest BCUT2D eigenvalue weighted by Crippen LogP contribution is -1.93. The third-order valence-corrected chi connectivity index (χ3v) is 8.66. The van der Waals surface area contributed by atoms with Gasteiger partial charge >= 0.3 is 0 Å². The van der Waals surface area contributed by atoms with Gasteiger partial charge in [-0.1, -0.05) is 97.1 Å². The lowest BCUT2D eigenvalue weighted by atomic mass is 9.92. The van der Waals surface area contributed by atoms with Crippen LogP contribution in [0.4, 0.5) is 0 Å². The number of benzene rings is 8. The zero-order chi connectivity index (χ0) is 27.6. The molecule has 0 atom stereocenters. The van der Waals surface area contributed by atoms with Crippen molar-refractivity contribution in [3.63, 3.8) is 0 Å². The van der Waals surface area contributed by atoms with Crippen molar-refractivity contribution < 1.29 is 0 Å². The van der Waals surface area contributed by atoms with Crippen LogP contribution in [0, 0.1) is 0 Å². The molecule has 0 spiro atoms. The maximum Gasteiger partial charge on any atom is 0.0892 e. The molecule has 1 heterocycles. The van der Waals surface area contributed by atoms with Crippen LogP contribution in [0.2, 0.25) is 0 Å². The topological polar surface area (TPSA) is 25.8 Å². The molecule has 0 fully saturated rings. The highest BCUT2D eigenvalue weighted by Gasteiger charge is 2.14. The monoisotopic (exact) mass is 532 g/mol. The van der Waals surface area contributed by atoms with Gasteiger partial charge in [0.25, 0.3) is 0 Å². The fourth-order valence-electron chi connectivity index (χ4n) is 6.60. The van der Waals surface area contributed by atoms with E-state index in [9.17, 15) is 0 Å². The van der Waals surface area contributed by atoms with E-state index in [-0.39, 0.29) is 0 Å². The Morgan fingerprint density at radius 2 is 0.619 bits per heavy atom. The van der Waals surface area contributed by atoms with Crippen LogP contribution in [0.3, 0.4) is 0 Å². The van der Waals surface area contributed by atoms with Crippen molar-refractivity contribution >= 4 is 64.6 Å². The Hall–Kier alpha value is -5.60. The van der Waals surface area contributed by atoms with Crippen LogP contribution in [0.5, 0.6) is 0 Å². The Labute approximate surface area is 242 Å². The first-order valence-corrected chi connectivity index (χ1v) is 14.3. The molecule has 8 aromatic carbocycles. The van der Waals surface area contributed by atoms with E-state index in [4.69, 9.17) is 9.97 Å². The zero-order valence-electron chi connectivity index (χ0n) is 22.8. The lowest BCUT2D eigenvalue weighted by Gasteiger charge is -2.14. The number of rotatable bonds is 2. The van der Waals surface area contributed by atoms with Gasteiger partial charge in [-0.3, -0.25) is 9.97 Å². The maximum absolute atomic E-state index is 5.05. The highest BCUT2D eigenvalue weighted by Crippen LogP contribution is 2.39. The summed E-state index contributed by atoms with van der Waals surface area (Å²) in [5, 5.41) is 14.7. The third-order valence-electron chi connectivity index (χ3n) is 8.66. The summed E-state index contributed by atoms with van der Waals surface area (Å²) in [6.45, 7) is 0. The summed E-state index contributed by atoms with van der Waals surface area (Å²) < 4.78 is 0. The minimum Gasteiger partial charge on any atom is -0.252 e. The van der Waals surface area contributed by atoms with Gasteiger partial charge < -0.3 is 0 Å². The van der Waals surface area contributed by atoms with Gasteiger partial charge in [0.2, 0.25) is 0 Å². The molecule has 0 aliphatic carbocycles. The maximum atomic E-state index is 5.05. The molecule has 42 heavy (non-hydrogen) atoms. The Morgan fingerprint density at radius 3 is 1.00 bits per heavy atom. The van der Waals surface area contributed by atoms with Crippen LogP contribution in [0.25, 0.3) is 87.1 Å². The van der Waals surface area contributed by atoms with E-state index in [1.54, 1.807) is 0 Å². The third kappa shape index (κ3) is 3.52. The first-order chi connectivity index (χ1) is 20.8. The molecule has 2 heteroatoms. The minimum absolute atomic E-state index is 0.875. The molecule has 9 aromatic rings. The summed E-state index contributed by atoms with van der Waals surface area (Å²) in [5.74, 6) is 0. The highest BCUT2D eigenvalue weighted by molar-refractivity contribution is 6.18. The Balaban J connectivity index is 1.27. The first kappa shape index (κ1) is 23.1. The standard InChI is InChI=1S/C40H24N2/c1-3-11-27-19-35-33(17-25(27)9-1)31-15-7-5-13-29(31)21-37(35)39-23-42-40(24-41-39)38-22-30-14-6-8-16-32(30)34-18-26-10-2-4-12-28(26)20-36(34)38/h1-24H. The van der Waals surface area contributed by atoms with Gasteiger partial charge in [-0.25, -0.2) is 0 Å². The van der Waals surface area contributed by atoms with Crippen molar-refractivity contribution in [2.45, 2.75) is 0 Å². The molecule has 0 saturated carbocycles. The predicted molar refractivity (Wildman–Crippen MR) is 178 cm³/mol. The fourth-order valence-corrected chi connectivity index (χ4v) is 6.60. The quantitative estimate of drug-likeness (QED) is 0.163. The summed E-state index contributed by atoms with van der Waals surface area (Å²) in [5.41, 5.74) is 3.95. The highest BCUT2D eigenvalue weighted by atomic mass is 14.8. The van der Waals surface area contributed by atoms with Gasteiger partial charge in [0.05, 0.1) is 23.8 Å². The summed E-state index contributed by atoms with van der Waals surface area (Å²) in [4.78, 5) is 10.1. The smallest absolute Gasteiger partial charge is 0.0892 e. The molecular formula is C40H24N2. The SMILES string of the molecule is c1ccc2cc3c(cc2c1)c(-c1cnc(-c2cc4ccccc4c4cc5ccccc5cc24)cn1)cc1ccccc13. The van der Waals surface area contributed by atoms with E-state index in [1.165, 1.54) is 64.6 Å². The van der Waals surface area contributed by atoms with E-state index in [0.29, 0.717) is 0 Å². The number of fused-ring (bicyclic) bond motifs is 8. The zero-order valence-corrected chi connectivity index (χ0v) is 22.8. The molecule has 0 unspecified atom stereocenters. The normalized spacial score (nSPS) is 11.8. The lowest BCUT2D eigenvalue weighted by molar-refractivity contribution is 1.22. The van der Waals surface area contributed by atoms with E-state index >= 15 is 0 Å². The largest absolute Gasteiger partial charge is 0.252 e.